The third-order valence-corrected chi connectivity index (χ3v) is 4.13. The number of aliphatic carboxylic acids is 1. The van der Waals surface area contributed by atoms with Gasteiger partial charge < -0.3 is 20.1 Å². The Balaban J connectivity index is 2.25. The number of urea groups is 1. The predicted octanol–water partition coefficient (Wildman–Crippen LogP) is 1.87. The molecule has 0 unspecified atom stereocenters. The molecule has 0 spiro atoms. The van der Waals surface area contributed by atoms with E-state index >= 15 is 0 Å². The van der Waals surface area contributed by atoms with E-state index in [9.17, 15) is 14.7 Å². The molecular weight excluding hydrogens is 272 g/mol. The van der Waals surface area contributed by atoms with Crippen molar-refractivity contribution >= 4 is 12.0 Å². The molecule has 1 aliphatic rings. The lowest BCUT2D eigenvalue weighted by molar-refractivity contribution is -0.151. The molecule has 1 saturated heterocycles. The number of likely N-dealkylation sites (tertiary alicyclic amines) is 1. The smallest absolute Gasteiger partial charge is 0.317 e. The number of hydrogen-bond acceptors (Lipinski definition) is 3. The molecule has 0 aliphatic carbocycles. The van der Waals surface area contributed by atoms with Crippen LogP contribution in [0.1, 0.15) is 32.6 Å². The lowest BCUT2D eigenvalue weighted by Crippen LogP contribution is -2.49. The van der Waals surface area contributed by atoms with Crippen molar-refractivity contribution in [1.29, 1.82) is 0 Å². The van der Waals surface area contributed by atoms with Crippen LogP contribution in [0.25, 0.3) is 0 Å². The number of amides is 2. The average Bonchev–Trinajstić information content (AvgIpc) is 2.50. The van der Waals surface area contributed by atoms with Crippen molar-refractivity contribution in [2.24, 2.45) is 5.41 Å². The van der Waals surface area contributed by atoms with Crippen molar-refractivity contribution in [1.82, 2.24) is 10.2 Å². The number of rotatable bonds is 8. The van der Waals surface area contributed by atoms with E-state index in [0.717, 1.165) is 6.42 Å². The van der Waals surface area contributed by atoms with Crippen LogP contribution in [0.2, 0.25) is 0 Å². The highest BCUT2D eigenvalue weighted by atomic mass is 16.5. The Kier molecular flexibility index (Phi) is 7.22. The van der Waals surface area contributed by atoms with Gasteiger partial charge in [0.2, 0.25) is 0 Å². The Bertz CT molecular complexity index is 363. The molecule has 120 valence electrons. The van der Waals surface area contributed by atoms with Crippen LogP contribution in [-0.2, 0) is 9.53 Å². The minimum Gasteiger partial charge on any atom is -0.481 e. The van der Waals surface area contributed by atoms with Gasteiger partial charge in [0, 0.05) is 19.6 Å². The Morgan fingerprint density at radius 1 is 1.38 bits per heavy atom. The molecule has 0 radical (unpaired) electrons. The average molecular weight is 298 g/mol. The van der Waals surface area contributed by atoms with E-state index in [2.05, 4.69) is 11.9 Å². The summed E-state index contributed by atoms with van der Waals surface area (Å²) in [6, 6.07) is -0.141. The zero-order valence-electron chi connectivity index (χ0n) is 12.8. The number of carbonyl (C=O) groups excluding carboxylic acids is 1. The van der Waals surface area contributed by atoms with Crippen LogP contribution in [-0.4, -0.2) is 54.9 Å². The topological polar surface area (TPSA) is 78.9 Å². The molecule has 0 aromatic heterocycles. The molecule has 0 bridgehead atoms. The van der Waals surface area contributed by atoms with Crippen LogP contribution < -0.4 is 5.32 Å². The summed E-state index contributed by atoms with van der Waals surface area (Å²) in [6.45, 7) is 8.02. The molecule has 1 rings (SSSR count). The molecule has 1 fully saturated rings. The van der Waals surface area contributed by atoms with Gasteiger partial charge in [0.1, 0.15) is 0 Å². The number of carboxylic acid groups (broad SMARTS) is 1. The number of carboxylic acids is 1. The summed E-state index contributed by atoms with van der Waals surface area (Å²) in [6.07, 6.45) is 4.22. The monoisotopic (exact) mass is 298 g/mol. The predicted molar refractivity (Wildman–Crippen MR) is 80.2 cm³/mol. The van der Waals surface area contributed by atoms with E-state index in [1.54, 1.807) is 11.0 Å². The summed E-state index contributed by atoms with van der Waals surface area (Å²) in [4.78, 5) is 25.0. The number of carbonyl (C=O) groups is 2. The van der Waals surface area contributed by atoms with Gasteiger partial charge in [-0.2, -0.15) is 0 Å². The molecule has 1 aliphatic heterocycles. The summed E-state index contributed by atoms with van der Waals surface area (Å²) in [5.41, 5.74) is -0.662. The summed E-state index contributed by atoms with van der Waals surface area (Å²) < 4.78 is 5.31. The molecule has 2 N–H and O–H groups in total. The third-order valence-electron chi connectivity index (χ3n) is 4.13. The molecule has 0 aromatic rings. The van der Waals surface area contributed by atoms with Gasteiger partial charge in [-0.25, -0.2) is 4.79 Å². The maximum absolute atomic E-state index is 12.0. The number of piperidine rings is 1. The van der Waals surface area contributed by atoms with Crippen LogP contribution in [0.15, 0.2) is 12.7 Å². The van der Waals surface area contributed by atoms with E-state index in [0.29, 0.717) is 52.1 Å². The van der Waals surface area contributed by atoms with E-state index < -0.39 is 11.4 Å². The van der Waals surface area contributed by atoms with Gasteiger partial charge in [-0.3, -0.25) is 4.79 Å². The van der Waals surface area contributed by atoms with Crippen LogP contribution in [0.5, 0.6) is 0 Å². The molecule has 6 heteroatoms. The normalized spacial score (nSPS) is 17.3. The highest BCUT2D eigenvalue weighted by Gasteiger charge is 2.40. The van der Waals surface area contributed by atoms with Crippen LogP contribution in [0.4, 0.5) is 4.79 Å². The second-order valence-corrected chi connectivity index (χ2v) is 5.35. The molecule has 0 atom stereocenters. The van der Waals surface area contributed by atoms with Crippen molar-refractivity contribution < 1.29 is 19.4 Å². The molecule has 0 saturated carbocycles. The summed E-state index contributed by atoms with van der Waals surface area (Å²) >= 11 is 0. The Morgan fingerprint density at radius 3 is 2.57 bits per heavy atom. The van der Waals surface area contributed by atoms with Crippen molar-refractivity contribution in [3.8, 4) is 0 Å². The third kappa shape index (κ3) is 5.04. The van der Waals surface area contributed by atoms with Crippen molar-refractivity contribution in [2.45, 2.75) is 32.6 Å². The van der Waals surface area contributed by atoms with Crippen molar-refractivity contribution in [3.63, 3.8) is 0 Å². The standard InChI is InChI=1S/C15H26N2O4/c1-3-5-11-21-12-8-16-14(20)17-9-6-15(4-2,7-10-17)13(18)19/h3H,1,4-12H2,2H3,(H,16,20)(H,18,19). The SMILES string of the molecule is C=CCCOCCNC(=O)N1CCC(CC)(C(=O)O)CC1. The second kappa shape index (κ2) is 8.67. The summed E-state index contributed by atoms with van der Waals surface area (Å²) in [5, 5.41) is 12.1. The maximum atomic E-state index is 12.0. The minimum absolute atomic E-state index is 0.141. The van der Waals surface area contributed by atoms with E-state index in [4.69, 9.17) is 4.74 Å². The fourth-order valence-electron chi connectivity index (χ4n) is 2.47. The van der Waals surface area contributed by atoms with Crippen LogP contribution >= 0.6 is 0 Å². The second-order valence-electron chi connectivity index (χ2n) is 5.35. The van der Waals surface area contributed by atoms with Gasteiger partial charge in [-0.1, -0.05) is 13.0 Å². The summed E-state index contributed by atoms with van der Waals surface area (Å²) in [7, 11) is 0. The fourth-order valence-corrected chi connectivity index (χ4v) is 2.47. The van der Waals surface area contributed by atoms with Gasteiger partial charge >= 0.3 is 12.0 Å². The first-order valence-corrected chi connectivity index (χ1v) is 7.50. The van der Waals surface area contributed by atoms with E-state index in [1.165, 1.54) is 0 Å². The zero-order chi connectivity index (χ0) is 15.7. The quantitative estimate of drug-likeness (QED) is 0.529. The Morgan fingerprint density at radius 2 is 2.05 bits per heavy atom. The largest absolute Gasteiger partial charge is 0.481 e. The molecule has 6 nitrogen and oxygen atoms in total. The minimum atomic E-state index is -0.749. The molecule has 2 amide bonds. The first-order valence-electron chi connectivity index (χ1n) is 7.50. The first kappa shape index (κ1) is 17.5. The number of ether oxygens (including phenoxy) is 1. The Labute approximate surface area is 126 Å². The van der Waals surface area contributed by atoms with Crippen molar-refractivity contribution in [2.75, 3.05) is 32.8 Å². The fraction of sp³-hybridized carbons (Fsp3) is 0.733. The molecule has 21 heavy (non-hydrogen) atoms. The molecule has 1 heterocycles. The van der Waals surface area contributed by atoms with Gasteiger partial charge in [-0.15, -0.1) is 6.58 Å². The van der Waals surface area contributed by atoms with Crippen molar-refractivity contribution in [3.05, 3.63) is 12.7 Å². The van der Waals surface area contributed by atoms with Gasteiger partial charge in [0.25, 0.3) is 0 Å². The maximum Gasteiger partial charge on any atom is 0.317 e. The van der Waals surface area contributed by atoms with Gasteiger partial charge in [-0.05, 0) is 25.7 Å². The van der Waals surface area contributed by atoms with Gasteiger partial charge in [0.05, 0.1) is 18.6 Å². The number of hydrogen-bond donors (Lipinski definition) is 2. The lowest BCUT2D eigenvalue weighted by atomic mass is 9.76. The molecule has 0 aromatic carbocycles. The first-order chi connectivity index (χ1) is 10.1. The zero-order valence-corrected chi connectivity index (χ0v) is 12.8. The highest BCUT2D eigenvalue weighted by Crippen LogP contribution is 2.35. The van der Waals surface area contributed by atoms with Crippen LogP contribution in [0, 0.1) is 5.41 Å². The highest BCUT2D eigenvalue weighted by molar-refractivity contribution is 5.77. The van der Waals surface area contributed by atoms with Crippen LogP contribution in [0.3, 0.4) is 0 Å². The Hall–Kier alpha value is -1.56. The lowest BCUT2D eigenvalue weighted by Gasteiger charge is -2.38. The van der Waals surface area contributed by atoms with E-state index in [-0.39, 0.29) is 6.03 Å². The molecular formula is C15H26N2O4. The number of nitrogens with one attached hydrogen (secondary N) is 1. The summed E-state index contributed by atoms with van der Waals surface area (Å²) in [5.74, 6) is -0.749. The number of nitrogens with zero attached hydrogens (tertiary/aromatic N) is 1. The van der Waals surface area contributed by atoms with E-state index in [1.807, 2.05) is 6.92 Å². The van der Waals surface area contributed by atoms with Gasteiger partial charge in [0.15, 0.2) is 0 Å².